The standard InChI is InChI=1S/C3H8.C2H4N4/c1-3-2;1-6-4-2-3-5-6/h3H2,1-2H3;2H,1H3. The third-order valence-corrected chi connectivity index (χ3v) is 0.451. The van der Waals surface area contributed by atoms with Gasteiger partial charge in [-0.25, -0.2) is 0 Å². The molecule has 4 nitrogen and oxygen atoms in total. The summed E-state index contributed by atoms with van der Waals surface area (Å²) in [6, 6.07) is 0. The summed E-state index contributed by atoms with van der Waals surface area (Å²) >= 11 is 0. The van der Waals surface area contributed by atoms with Crippen LogP contribution in [0.15, 0.2) is 6.33 Å². The van der Waals surface area contributed by atoms with E-state index in [1.807, 2.05) is 0 Å². The van der Waals surface area contributed by atoms with Crippen molar-refractivity contribution in [1.82, 2.24) is 20.2 Å². The molecule has 0 radical (unpaired) electrons. The molecule has 0 saturated carbocycles. The minimum atomic E-state index is 1.25. The van der Waals surface area contributed by atoms with Crippen molar-refractivity contribution in [3.8, 4) is 0 Å². The number of aryl methyl sites for hydroxylation is 1. The minimum absolute atomic E-state index is 1.25. The van der Waals surface area contributed by atoms with Gasteiger partial charge in [0.1, 0.15) is 0 Å². The average molecular weight is 128 g/mol. The van der Waals surface area contributed by atoms with E-state index in [0.29, 0.717) is 0 Å². The minimum Gasteiger partial charge on any atom is -0.168 e. The third-order valence-electron chi connectivity index (χ3n) is 0.451. The van der Waals surface area contributed by atoms with Gasteiger partial charge in [0, 0.05) is 0 Å². The van der Waals surface area contributed by atoms with Gasteiger partial charge in [-0.05, 0) is 5.21 Å². The molecule has 0 aliphatic carbocycles. The van der Waals surface area contributed by atoms with E-state index >= 15 is 0 Å². The first-order valence-corrected chi connectivity index (χ1v) is 2.98. The lowest BCUT2D eigenvalue weighted by Gasteiger charge is -1.71. The summed E-state index contributed by atoms with van der Waals surface area (Å²) in [6.07, 6.45) is 2.64. The molecule has 0 fully saturated rings. The summed E-state index contributed by atoms with van der Waals surface area (Å²) in [7, 11) is 1.72. The molecular weight excluding hydrogens is 116 g/mol. The second-order valence-electron chi connectivity index (χ2n) is 1.63. The van der Waals surface area contributed by atoms with E-state index in [0.717, 1.165) is 0 Å². The third kappa shape index (κ3) is 4.93. The zero-order valence-electron chi connectivity index (χ0n) is 6.07. The lowest BCUT2D eigenvalue weighted by molar-refractivity contribution is 0.630. The monoisotopic (exact) mass is 128 g/mol. The maximum absolute atomic E-state index is 3.61. The molecule has 4 heteroatoms. The van der Waals surface area contributed by atoms with Gasteiger partial charge in [-0.1, -0.05) is 20.3 Å². The first kappa shape index (κ1) is 8.07. The smallest absolute Gasteiger partial charge is 0.162 e. The fourth-order valence-electron chi connectivity index (χ4n) is 0.219. The Morgan fingerprint density at radius 2 is 2.00 bits per heavy atom. The van der Waals surface area contributed by atoms with Crippen LogP contribution in [0.2, 0.25) is 0 Å². The summed E-state index contributed by atoms with van der Waals surface area (Å²) in [5, 5.41) is 10.5. The normalized spacial score (nSPS) is 7.89. The topological polar surface area (TPSA) is 43.6 Å². The molecule has 0 spiro atoms. The molecule has 0 aliphatic rings. The van der Waals surface area contributed by atoms with Gasteiger partial charge in [0.05, 0.1) is 7.05 Å². The Morgan fingerprint density at radius 3 is 2.11 bits per heavy atom. The molecule has 0 aliphatic heterocycles. The molecule has 0 atom stereocenters. The average Bonchev–Trinajstić information content (AvgIpc) is 2.20. The van der Waals surface area contributed by atoms with Gasteiger partial charge in [0.2, 0.25) is 0 Å². The summed E-state index contributed by atoms with van der Waals surface area (Å²) in [4.78, 5) is 1.39. The van der Waals surface area contributed by atoms with Crippen LogP contribution in [0.3, 0.4) is 0 Å². The fourth-order valence-corrected chi connectivity index (χ4v) is 0.219. The van der Waals surface area contributed by atoms with Crippen LogP contribution in [-0.2, 0) is 7.05 Å². The van der Waals surface area contributed by atoms with Crippen molar-refractivity contribution < 1.29 is 0 Å². The Bertz CT molecular complexity index is 124. The van der Waals surface area contributed by atoms with E-state index < -0.39 is 0 Å². The van der Waals surface area contributed by atoms with Crippen LogP contribution in [0.5, 0.6) is 0 Å². The second-order valence-corrected chi connectivity index (χ2v) is 1.63. The van der Waals surface area contributed by atoms with Crippen LogP contribution >= 0.6 is 0 Å². The molecule has 0 bridgehead atoms. The summed E-state index contributed by atoms with van der Waals surface area (Å²) in [6.45, 7) is 4.25. The predicted molar refractivity (Wildman–Crippen MR) is 34.8 cm³/mol. The Kier molecular flexibility index (Phi) is 4.67. The van der Waals surface area contributed by atoms with E-state index in [9.17, 15) is 0 Å². The quantitative estimate of drug-likeness (QED) is 0.514. The van der Waals surface area contributed by atoms with Crippen LogP contribution < -0.4 is 0 Å². The zero-order valence-corrected chi connectivity index (χ0v) is 6.07. The van der Waals surface area contributed by atoms with Crippen molar-refractivity contribution in [2.75, 3.05) is 0 Å². The predicted octanol–water partition coefficient (Wildman–Crippen LogP) is 0.626. The Labute approximate surface area is 54.9 Å². The molecule has 1 aromatic rings. The molecule has 0 aromatic carbocycles. The van der Waals surface area contributed by atoms with Gasteiger partial charge in [-0.2, -0.15) is 4.80 Å². The van der Waals surface area contributed by atoms with Gasteiger partial charge < -0.3 is 0 Å². The Hall–Kier alpha value is -0.930. The van der Waals surface area contributed by atoms with Crippen molar-refractivity contribution in [1.29, 1.82) is 0 Å². The highest BCUT2D eigenvalue weighted by Gasteiger charge is 1.72. The number of nitrogens with zero attached hydrogens (tertiary/aromatic N) is 4. The molecule has 0 saturated heterocycles. The molecule has 0 unspecified atom stereocenters. The van der Waals surface area contributed by atoms with Gasteiger partial charge in [-0.15, -0.1) is 10.2 Å². The van der Waals surface area contributed by atoms with Crippen LogP contribution in [0.25, 0.3) is 0 Å². The summed E-state index contributed by atoms with van der Waals surface area (Å²) < 4.78 is 0. The van der Waals surface area contributed by atoms with E-state index in [-0.39, 0.29) is 0 Å². The highest BCUT2D eigenvalue weighted by molar-refractivity contribution is 4.30. The number of rotatable bonds is 0. The Balaban J connectivity index is 0.000000187. The van der Waals surface area contributed by atoms with E-state index in [2.05, 4.69) is 29.3 Å². The van der Waals surface area contributed by atoms with Gasteiger partial charge in [0.15, 0.2) is 6.33 Å². The molecule has 0 amide bonds. The van der Waals surface area contributed by atoms with Crippen molar-refractivity contribution in [3.63, 3.8) is 0 Å². The molecular formula is C5H12N4. The van der Waals surface area contributed by atoms with Gasteiger partial charge in [0.25, 0.3) is 0 Å². The molecule has 1 rings (SSSR count). The van der Waals surface area contributed by atoms with Crippen molar-refractivity contribution >= 4 is 0 Å². The number of hydrogen-bond donors (Lipinski definition) is 0. The van der Waals surface area contributed by atoms with E-state index in [4.69, 9.17) is 0 Å². The maximum atomic E-state index is 3.61. The second kappa shape index (κ2) is 5.21. The van der Waals surface area contributed by atoms with Gasteiger partial charge in [-0.3, -0.25) is 0 Å². The molecule has 9 heavy (non-hydrogen) atoms. The highest BCUT2D eigenvalue weighted by Crippen LogP contribution is 1.56. The first-order valence-electron chi connectivity index (χ1n) is 2.98. The van der Waals surface area contributed by atoms with Crippen LogP contribution in [0, 0.1) is 0 Å². The number of tetrazole rings is 1. The van der Waals surface area contributed by atoms with E-state index in [1.165, 1.54) is 17.5 Å². The van der Waals surface area contributed by atoms with Gasteiger partial charge >= 0.3 is 0 Å². The van der Waals surface area contributed by atoms with Crippen molar-refractivity contribution in [3.05, 3.63) is 6.33 Å². The largest absolute Gasteiger partial charge is 0.168 e. The SMILES string of the molecule is CCC.Cn1ncnn1. The van der Waals surface area contributed by atoms with E-state index in [1.54, 1.807) is 7.05 Å². The molecule has 0 N–H and O–H groups in total. The van der Waals surface area contributed by atoms with Crippen LogP contribution in [-0.4, -0.2) is 20.2 Å². The summed E-state index contributed by atoms with van der Waals surface area (Å²) in [5.74, 6) is 0. The van der Waals surface area contributed by atoms with Crippen LogP contribution in [0.4, 0.5) is 0 Å². The Morgan fingerprint density at radius 1 is 1.44 bits per heavy atom. The van der Waals surface area contributed by atoms with Crippen LogP contribution in [0.1, 0.15) is 20.3 Å². The molecule has 1 heterocycles. The molecule has 52 valence electrons. The van der Waals surface area contributed by atoms with Crippen molar-refractivity contribution in [2.45, 2.75) is 20.3 Å². The fraction of sp³-hybridized carbons (Fsp3) is 0.800. The first-order chi connectivity index (χ1) is 4.31. The molecule has 1 aromatic heterocycles. The lowest BCUT2D eigenvalue weighted by Crippen LogP contribution is -1.90. The summed E-state index contributed by atoms with van der Waals surface area (Å²) in [5.41, 5.74) is 0. The number of hydrogen-bond acceptors (Lipinski definition) is 3. The van der Waals surface area contributed by atoms with Crippen molar-refractivity contribution in [2.24, 2.45) is 7.05 Å². The lowest BCUT2D eigenvalue weighted by atomic mass is 10.6. The number of aromatic nitrogens is 4. The highest BCUT2D eigenvalue weighted by atomic mass is 15.6. The maximum Gasteiger partial charge on any atom is 0.162 e. The zero-order chi connectivity index (χ0) is 7.11.